The number of ether oxygens (including phenoxy) is 4. The molecule has 14 nitrogen and oxygen atoms in total. The van der Waals surface area contributed by atoms with E-state index in [-0.39, 0.29) is 35.5 Å². The van der Waals surface area contributed by atoms with Crippen LogP contribution in [-0.4, -0.2) is 68.7 Å². The molecule has 0 atom stereocenters. The summed E-state index contributed by atoms with van der Waals surface area (Å²) in [6.45, 7) is 1.70. The van der Waals surface area contributed by atoms with Gasteiger partial charge in [-0.3, -0.25) is 9.59 Å². The Morgan fingerprint density at radius 2 is 0.865 bits per heavy atom. The predicted molar refractivity (Wildman–Crippen MR) is 259 cm³/mol. The zero-order valence-corrected chi connectivity index (χ0v) is 39.0. The van der Waals surface area contributed by atoms with Crippen LogP contribution in [0.15, 0.2) is 158 Å². The molecule has 0 aliphatic rings. The molecular weight excluding hydrogens is 983 g/mol. The van der Waals surface area contributed by atoms with Gasteiger partial charge in [-0.05, 0) is 151 Å². The first-order chi connectivity index (χ1) is 34.8. The fourth-order valence-corrected chi connectivity index (χ4v) is 6.95. The van der Waals surface area contributed by atoms with Crippen molar-refractivity contribution in [1.29, 1.82) is 0 Å². The second-order valence-electron chi connectivity index (χ2n) is 16.4. The number of carbonyl (C=O) groups excluding carboxylic acids is 4. The first kappa shape index (κ1) is 56.6. The minimum absolute atomic E-state index is 0.0365. The van der Waals surface area contributed by atoms with E-state index in [1.807, 2.05) is 0 Å². The van der Waals surface area contributed by atoms with E-state index in [0.29, 0.717) is 40.0 Å². The molecule has 0 aliphatic carbocycles. The van der Waals surface area contributed by atoms with Crippen LogP contribution in [0.5, 0.6) is 23.0 Å². The highest BCUT2D eigenvalue weighted by Gasteiger charge is 2.54. The van der Waals surface area contributed by atoms with Crippen molar-refractivity contribution in [2.45, 2.75) is 57.4 Å². The Kier molecular flexibility index (Phi) is 19.0. The molecule has 74 heavy (non-hydrogen) atoms. The van der Waals surface area contributed by atoms with Crippen LogP contribution < -0.4 is 30.4 Å². The average molecular weight is 1030 g/mol. The van der Waals surface area contributed by atoms with E-state index >= 15 is 0 Å². The molecule has 8 N–H and O–H groups in total. The number of alkyl halides is 6. The number of halogens is 6. The lowest BCUT2D eigenvalue weighted by Crippen LogP contribution is -2.57. The Balaban J connectivity index is 0.00000193. The first-order valence-electron chi connectivity index (χ1n) is 22.1. The van der Waals surface area contributed by atoms with E-state index in [1.165, 1.54) is 66.8 Å². The van der Waals surface area contributed by atoms with Crippen LogP contribution in [0.1, 0.15) is 62.7 Å². The number of nitrogen functional groups attached to an aromatic ring is 2. The summed E-state index contributed by atoms with van der Waals surface area (Å²) < 4.78 is 93.1. The number of rotatable bonds is 19. The molecule has 20 heteroatoms. The quantitative estimate of drug-likeness (QED) is 0.0111. The molecule has 0 heterocycles. The standard InChI is InChI=1S/C51H40F6N2O10.C3H8O2/c52-50(53,54)68-43-24-20-41(21-25-43)66-46(62)36-11-1-32(2-12-36)9-19-40(60)31-48(29-34-5-15-38(58)16-6-34,30-35-7-17-39(59)18-8-35)49(64,65)45(61)28-10-33-3-13-37(14-4-33)47(63)67-42-22-26-44(27-23-42)69-51(55,56)57;1-2-3(4)5/h1-28,64-65H,29-31,58-59H2;3-5H,2H2,1H3/b19-9+,28-10+;. The molecule has 0 aromatic heterocycles. The van der Waals surface area contributed by atoms with Crippen LogP contribution in [-0.2, 0) is 22.4 Å². The number of aliphatic hydroxyl groups is 4. The summed E-state index contributed by atoms with van der Waals surface area (Å²) in [6.07, 6.45) is -6.78. The van der Waals surface area contributed by atoms with E-state index in [1.54, 1.807) is 55.5 Å². The maximum Gasteiger partial charge on any atom is 0.573 e. The van der Waals surface area contributed by atoms with Crippen molar-refractivity contribution in [3.8, 4) is 23.0 Å². The van der Waals surface area contributed by atoms with Crippen molar-refractivity contribution in [3.63, 3.8) is 0 Å². The maximum absolute atomic E-state index is 14.1. The molecule has 0 fully saturated rings. The van der Waals surface area contributed by atoms with Crippen molar-refractivity contribution in [3.05, 3.63) is 191 Å². The van der Waals surface area contributed by atoms with Crippen molar-refractivity contribution < 1.29 is 84.9 Å². The van der Waals surface area contributed by atoms with Gasteiger partial charge in [0.1, 0.15) is 23.0 Å². The molecule has 0 bridgehead atoms. The molecule has 0 aliphatic heterocycles. The van der Waals surface area contributed by atoms with Crippen molar-refractivity contribution in [2.75, 3.05) is 11.5 Å². The molecule has 0 spiro atoms. The third kappa shape index (κ3) is 17.5. The molecule has 6 aromatic rings. The molecule has 388 valence electrons. The number of anilines is 2. The van der Waals surface area contributed by atoms with Crippen LogP contribution in [0.2, 0.25) is 0 Å². The number of carbonyl (C=O) groups is 4. The van der Waals surface area contributed by atoms with Crippen LogP contribution in [0.3, 0.4) is 0 Å². The van der Waals surface area contributed by atoms with Gasteiger partial charge in [-0.15, -0.1) is 26.3 Å². The fraction of sp³-hybridized carbons (Fsp3) is 0.185. The zero-order valence-electron chi connectivity index (χ0n) is 39.0. The van der Waals surface area contributed by atoms with Gasteiger partial charge in [-0.2, -0.15) is 0 Å². The normalized spacial score (nSPS) is 12.0. The molecule has 6 aromatic carbocycles. The van der Waals surface area contributed by atoms with Gasteiger partial charge in [0, 0.05) is 23.2 Å². The predicted octanol–water partition coefficient (Wildman–Crippen LogP) is 9.20. The second kappa shape index (κ2) is 24.9. The van der Waals surface area contributed by atoms with Crippen molar-refractivity contribution >= 4 is 47.0 Å². The first-order valence-corrected chi connectivity index (χ1v) is 22.1. The lowest BCUT2D eigenvalue weighted by atomic mass is 9.65. The summed E-state index contributed by atoms with van der Waals surface area (Å²) in [5.74, 6) is -7.85. The lowest BCUT2D eigenvalue weighted by molar-refractivity contribution is -0.275. The fourth-order valence-electron chi connectivity index (χ4n) is 6.95. The number of aliphatic hydroxyl groups excluding tert-OH is 1. The average Bonchev–Trinajstić information content (AvgIpc) is 3.34. The van der Waals surface area contributed by atoms with Gasteiger partial charge in [0.05, 0.1) is 11.1 Å². The van der Waals surface area contributed by atoms with Gasteiger partial charge in [0.2, 0.25) is 11.6 Å². The van der Waals surface area contributed by atoms with E-state index in [2.05, 4.69) is 9.47 Å². The summed E-state index contributed by atoms with van der Waals surface area (Å²) in [4.78, 5) is 53.6. The van der Waals surface area contributed by atoms with Crippen LogP contribution in [0.25, 0.3) is 12.2 Å². The maximum atomic E-state index is 14.1. The highest BCUT2D eigenvalue weighted by molar-refractivity contribution is 6.01. The molecule has 6 rings (SSSR count). The monoisotopic (exact) mass is 1030 g/mol. The summed E-state index contributed by atoms with van der Waals surface area (Å²) in [5.41, 5.74) is 12.6. The van der Waals surface area contributed by atoms with Crippen LogP contribution in [0.4, 0.5) is 37.7 Å². The number of nitrogens with two attached hydrogens (primary N) is 2. The Labute approximate surface area is 419 Å². The van der Waals surface area contributed by atoms with Gasteiger partial charge >= 0.3 is 24.7 Å². The molecule has 0 saturated heterocycles. The van der Waals surface area contributed by atoms with E-state index in [0.717, 1.165) is 54.6 Å². The summed E-state index contributed by atoms with van der Waals surface area (Å²) in [5, 5.41) is 40.1. The lowest BCUT2D eigenvalue weighted by Gasteiger charge is -2.42. The number of esters is 2. The Morgan fingerprint density at radius 1 is 0.527 bits per heavy atom. The van der Waals surface area contributed by atoms with Gasteiger partial charge < -0.3 is 50.8 Å². The topological polar surface area (TPSA) is 238 Å². The Bertz CT molecular complexity index is 2840. The minimum atomic E-state index is -4.90. The largest absolute Gasteiger partial charge is 0.573 e. The van der Waals surface area contributed by atoms with E-state index in [9.17, 15) is 55.7 Å². The van der Waals surface area contributed by atoms with Crippen molar-refractivity contribution in [1.82, 2.24) is 0 Å². The molecular formula is C54H48F6N2O12. The zero-order chi connectivity index (χ0) is 54.3. The SMILES string of the molecule is CCC(O)O.Nc1ccc(CC(CC(=O)/C=C/c2ccc(C(=O)Oc3ccc(OC(F)(F)F)cc3)cc2)(Cc2ccc(N)cc2)C(O)(O)C(=O)/C=C/c2ccc(C(=O)Oc3ccc(OC(F)(F)F)cc3)cc2)cc1. The third-order valence-corrected chi connectivity index (χ3v) is 10.7. The minimum Gasteiger partial charge on any atom is -0.423 e. The van der Waals surface area contributed by atoms with E-state index in [4.69, 9.17) is 31.2 Å². The molecule has 0 amide bonds. The smallest absolute Gasteiger partial charge is 0.423 e. The molecule has 0 unspecified atom stereocenters. The number of ketones is 2. The highest BCUT2D eigenvalue weighted by atomic mass is 19.4. The summed E-state index contributed by atoms with van der Waals surface area (Å²) >= 11 is 0. The number of hydrogen-bond donors (Lipinski definition) is 6. The summed E-state index contributed by atoms with van der Waals surface area (Å²) in [7, 11) is 0. The van der Waals surface area contributed by atoms with Crippen LogP contribution >= 0.6 is 0 Å². The number of hydrogen-bond acceptors (Lipinski definition) is 14. The third-order valence-electron chi connectivity index (χ3n) is 10.7. The second-order valence-corrected chi connectivity index (χ2v) is 16.4. The van der Waals surface area contributed by atoms with E-state index < -0.39 is 71.6 Å². The van der Waals surface area contributed by atoms with Crippen LogP contribution in [0, 0.1) is 5.41 Å². The summed E-state index contributed by atoms with van der Waals surface area (Å²) in [6, 6.07) is 32.5. The van der Waals surface area contributed by atoms with Crippen molar-refractivity contribution in [2.24, 2.45) is 5.41 Å². The Hall–Kier alpha value is -8.30. The number of benzene rings is 6. The van der Waals surface area contributed by atoms with Gasteiger partial charge in [-0.25, -0.2) is 9.59 Å². The highest BCUT2D eigenvalue weighted by Crippen LogP contribution is 2.43. The Morgan fingerprint density at radius 3 is 1.20 bits per heavy atom. The number of allylic oxidation sites excluding steroid dienone is 1. The van der Waals surface area contributed by atoms with Gasteiger partial charge in [0.15, 0.2) is 12.1 Å². The van der Waals surface area contributed by atoms with Gasteiger partial charge in [0.25, 0.3) is 0 Å². The molecule has 0 radical (unpaired) electrons. The van der Waals surface area contributed by atoms with Gasteiger partial charge in [-0.1, -0.05) is 67.6 Å². The molecule has 0 saturated carbocycles.